The molecule has 1 fully saturated rings. The van der Waals surface area contributed by atoms with Gasteiger partial charge in [0.1, 0.15) is 22.9 Å². The summed E-state index contributed by atoms with van der Waals surface area (Å²) >= 11 is 0. The predicted octanol–water partition coefficient (Wildman–Crippen LogP) is 1.04. The lowest BCUT2D eigenvalue weighted by molar-refractivity contribution is 0.0572. The number of aliphatic hydroxyl groups excluding tert-OH is 2. The summed E-state index contributed by atoms with van der Waals surface area (Å²) in [7, 11) is 0. The van der Waals surface area contributed by atoms with Gasteiger partial charge in [-0.1, -0.05) is 6.07 Å². The summed E-state index contributed by atoms with van der Waals surface area (Å²) in [5, 5.41) is 28.2. The number of pyridine rings is 2. The summed E-state index contributed by atoms with van der Waals surface area (Å²) in [6.45, 7) is -0.329. The van der Waals surface area contributed by atoms with Crippen LogP contribution in [0.15, 0.2) is 35.3 Å². The van der Waals surface area contributed by atoms with E-state index in [9.17, 15) is 38.1 Å². The fraction of sp³-hybridized carbons (Fsp3) is 0.211. The van der Waals surface area contributed by atoms with Crippen LogP contribution in [0.25, 0.3) is 16.7 Å². The van der Waals surface area contributed by atoms with E-state index < -0.39 is 57.7 Å². The molecule has 3 aromatic rings. The zero-order valence-electron chi connectivity index (χ0n) is 15.1. The van der Waals surface area contributed by atoms with Crippen molar-refractivity contribution in [3.8, 4) is 5.69 Å². The molecule has 30 heavy (non-hydrogen) atoms. The smallest absolute Gasteiger partial charge is 0.341 e. The maximum Gasteiger partial charge on any atom is 0.341 e. The number of aromatic nitrogens is 2. The Labute approximate surface area is 166 Å². The van der Waals surface area contributed by atoms with Crippen LogP contribution in [0.2, 0.25) is 0 Å². The molecule has 4 rings (SSSR count). The van der Waals surface area contributed by atoms with Gasteiger partial charge in [0.05, 0.1) is 17.6 Å². The number of para-hydroxylation sites is 1. The molecule has 1 aliphatic rings. The number of hydrogen-bond donors (Lipinski definition) is 3. The third-order valence-corrected chi connectivity index (χ3v) is 4.88. The van der Waals surface area contributed by atoms with E-state index in [0.717, 1.165) is 35.0 Å². The van der Waals surface area contributed by atoms with Crippen LogP contribution in [0, 0.1) is 17.5 Å². The Kier molecular flexibility index (Phi) is 4.71. The Morgan fingerprint density at radius 1 is 1.07 bits per heavy atom. The summed E-state index contributed by atoms with van der Waals surface area (Å²) < 4.78 is 44.3. The Hall–Kier alpha value is -3.44. The standard InChI is InChI=1S/C19H14F3N3O5/c20-10-2-1-3-11(21)15(10)25-5-9(19(29)30)16(28)8-4-12(22)18(23-17(8)25)24-6-13(26)14(27)7-24/h1-5,13-14,26-27H,6-7H2,(H,29,30)/t13-,14-/m1/s1. The summed E-state index contributed by atoms with van der Waals surface area (Å²) in [5.41, 5.74) is -2.99. The minimum absolute atomic E-state index is 0.165. The number of rotatable bonds is 3. The molecule has 0 spiro atoms. The predicted molar refractivity (Wildman–Crippen MR) is 98.4 cm³/mol. The molecule has 0 bridgehead atoms. The fourth-order valence-corrected chi connectivity index (χ4v) is 3.42. The van der Waals surface area contributed by atoms with E-state index in [4.69, 9.17) is 0 Å². The molecule has 3 N–H and O–H groups in total. The van der Waals surface area contributed by atoms with E-state index in [0.29, 0.717) is 0 Å². The highest BCUT2D eigenvalue weighted by atomic mass is 19.1. The Morgan fingerprint density at radius 2 is 1.67 bits per heavy atom. The van der Waals surface area contributed by atoms with Crippen molar-refractivity contribution in [2.45, 2.75) is 12.2 Å². The molecular weight excluding hydrogens is 407 g/mol. The molecule has 11 heteroatoms. The second-order valence-corrected chi connectivity index (χ2v) is 6.82. The Balaban J connectivity index is 2.07. The molecule has 1 aliphatic heterocycles. The van der Waals surface area contributed by atoms with Gasteiger partial charge in [-0.2, -0.15) is 0 Å². The number of aliphatic hydroxyl groups is 2. The van der Waals surface area contributed by atoms with E-state index in [1.165, 1.54) is 4.90 Å². The number of anilines is 1. The minimum Gasteiger partial charge on any atom is -0.477 e. The lowest BCUT2D eigenvalue weighted by Crippen LogP contribution is -2.25. The van der Waals surface area contributed by atoms with Gasteiger partial charge >= 0.3 is 5.97 Å². The summed E-state index contributed by atoms with van der Waals surface area (Å²) in [6, 6.07) is 3.68. The first-order valence-electron chi connectivity index (χ1n) is 8.73. The quantitative estimate of drug-likeness (QED) is 0.579. The second-order valence-electron chi connectivity index (χ2n) is 6.82. The molecule has 2 atom stereocenters. The normalized spacial score (nSPS) is 18.9. The zero-order chi connectivity index (χ0) is 21.7. The largest absolute Gasteiger partial charge is 0.477 e. The van der Waals surface area contributed by atoms with Crippen LogP contribution in [-0.2, 0) is 0 Å². The van der Waals surface area contributed by atoms with Gasteiger partial charge in [0.15, 0.2) is 17.3 Å². The lowest BCUT2D eigenvalue weighted by Gasteiger charge is -2.19. The molecular formula is C19H14F3N3O5. The minimum atomic E-state index is -1.66. The maximum absolute atomic E-state index is 14.7. The SMILES string of the molecule is O=C(O)c1cn(-c2c(F)cccc2F)c2nc(N3C[C@@H](O)[C@H](O)C3)c(F)cc2c1=O. The van der Waals surface area contributed by atoms with Crippen molar-refractivity contribution in [2.24, 2.45) is 0 Å². The van der Waals surface area contributed by atoms with E-state index in [1.54, 1.807) is 0 Å². The van der Waals surface area contributed by atoms with Gasteiger partial charge in [0, 0.05) is 19.3 Å². The first kappa shape index (κ1) is 19.9. The van der Waals surface area contributed by atoms with Crippen LogP contribution < -0.4 is 10.3 Å². The molecule has 0 saturated carbocycles. The number of hydrogen-bond acceptors (Lipinski definition) is 6. The highest BCUT2D eigenvalue weighted by Gasteiger charge is 2.32. The summed E-state index contributed by atoms with van der Waals surface area (Å²) in [5.74, 6) is -5.18. The number of nitrogens with zero attached hydrogens (tertiary/aromatic N) is 3. The molecule has 0 unspecified atom stereocenters. The van der Waals surface area contributed by atoms with Crippen molar-refractivity contribution >= 4 is 22.8 Å². The number of fused-ring (bicyclic) bond motifs is 1. The Bertz CT molecular complexity index is 1220. The number of halogens is 3. The first-order chi connectivity index (χ1) is 14.2. The third kappa shape index (κ3) is 3.08. The van der Waals surface area contributed by atoms with Crippen molar-refractivity contribution in [2.75, 3.05) is 18.0 Å². The molecule has 0 aliphatic carbocycles. The number of carboxylic acid groups (broad SMARTS) is 1. The van der Waals surface area contributed by atoms with Gasteiger partial charge in [-0.3, -0.25) is 9.36 Å². The van der Waals surface area contributed by atoms with Gasteiger partial charge in [0.2, 0.25) is 5.43 Å². The molecule has 8 nitrogen and oxygen atoms in total. The third-order valence-electron chi connectivity index (χ3n) is 4.88. The molecule has 3 heterocycles. The molecule has 2 aromatic heterocycles. The highest BCUT2D eigenvalue weighted by Crippen LogP contribution is 2.27. The molecule has 1 aromatic carbocycles. The van der Waals surface area contributed by atoms with Crippen molar-refractivity contribution in [3.63, 3.8) is 0 Å². The topological polar surface area (TPSA) is 116 Å². The number of benzene rings is 1. The number of carboxylic acids is 1. The fourth-order valence-electron chi connectivity index (χ4n) is 3.42. The summed E-state index contributed by atoms with van der Waals surface area (Å²) in [4.78, 5) is 29.2. The van der Waals surface area contributed by atoms with Crippen LogP contribution in [0.5, 0.6) is 0 Å². The van der Waals surface area contributed by atoms with Crippen LogP contribution in [0.3, 0.4) is 0 Å². The molecule has 1 saturated heterocycles. The second kappa shape index (κ2) is 7.11. The van der Waals surface area contributed by atoms with Crippen molar-refractivity contribution in [3.05, 3.63) is 63.7 Å². The average molecular weight is 421 g/mol. The highest BCUT2D eigenvalue weighted by molar-refractivity contribution is 5.92. The number of aromatic carboxylic acids is 1. The molecule has 0 radical (unpaired) electrons. The van der Waals surface area contributed by atoms with E-state index in [2.05, 4.69) is 4.98 Å². The van der Waals surface area contributed by atoms with E-state index in [-0.39, 0.29) is 24.6 Å². The van der Waals surface area contributed by atoms with Gasteiger partial charge in [-0.05, 0) is 18.2 Å². The van der Waals surface area contributed by atoms with Crippen molar-refractivity contribution < 1.29 is 33.3 Å². The van der Waals surface area contributed by atoms with Gasteiger partial charge in [-0.15, -0.1) is 0 Å². The lowest BCUT2D eigenvalue weighted by atomic mass is 10.1. The summed E-state index contributed by atoms with van der Waals surface area (Å²) in [6.07, 6.45) is -1.61. The van der Waals surface area contributed by atoms with Gasteiger partial charge in [0.25, 0.3) is 0 Å². The molecule has 0 amide bonds. The average Bonchev–Trinajstić information content (AvgIpc) is 3.01. The number of carbonyl (C=O) groups is 1. The van der Waals surface area contributed by atoms with Crippen LogP contribution in [0.1, 0.15) is 10.4 Å². The van der Waals surface area contributed by atoms with E-state index in [1.807, 2.05) is 0 Å². The van der Waals surface area contributed by atoms with E-state index >= 15 is 0 Å². The van der Waals surface area contributed by atoms with Crippen LogP contribution >= 0.6 is 0 Å². The zero-order valence-corrected chi connectivity index (χ0v) is 15.1. The first-order valence-corrected chi connectivity index (χ1v) is 8.73. The monoisotopic (exact) mass is 421 g/mol. The van der Waals surface area contributed by atoms with Gasteiger partial charge < -0.3 is 20.2 Å². The van der Waals surface area contributed by atoms with Crippen molar-refractivity contribution in [1.29, 1.82) is 0 Å². The van der Waals surface area contributed by atoms with Crippen LogP contribution in [0.4, 0.5) is 19.0 Å². The Morgan fingerprint density at radius 3 is 2.23 bits per heavy atom. The number of β-amino-alcohol motifs (C(OH)–C–C–N with tert-alkyl or cyclic N) is 2. The van der Waals surface area contributed by atoms with Crippen molar-refractivity contribution in [1.82, 2.24) is 9.55 Å². The molecule has 156 valence electrons. The van der Waals surface area contributed by atoms with Gasteiger partial charge in [-0.25, -0.2) is 22.9 Å². The van der Waals surface area contributed by atoms with Crippen LogP contribution in [-0.4, -0.2) is 56.1 Å². The maximum atomic E-state index is 14.7.